The number of thioether (sulfide) groups is 1. The maximum Gasteiger partial charge on any atom is 0.233 e. The normalized spacial score (nSPS) is 19.5. The molecule has 1 N–H and O–H groups in total. The molecular formula is C20H27N3O2S. The van der Waals surface area contributed by atoms with Crippen molar-refractivity contribution in [3.63, 3.8) is 0 Å². The number of hydrogen-bond acceptors (Lipinski definition) is 4. The van der Waals surface area contributed by atoms with Gasteiger partial charge in [-0.15, -0.1) is 0 Å². The standard InChI is InChI=1S/C20H27N3O2S/c1-14-11-23(13-20(3,4)25-14)18(24)12-26-19-21-15(2)17(22-19)10-16-8-6-5-7-9-16/h5-9,14H,10-13H2,1-4H3,(H,21,22). The number of morpholine rings is 1. The quantitative estimate of drug-likeness (QED) is 0.816. The fourth-order valence-corrected chi connectivity index (χ4v) is 4.20. The van der Waals surface area contributed by atoms with Crippen LogP contribution in [0.1, 0.15) is 37.7 Å². The van der Waals surface area contributed by atoms with Gasteiger partial charge in [-0.2, -0.15) is 0 Å². The third-order valence-electron chi connectivity index (χ3n) is 4.43. The van der Waals surface area contributed by atoms with E-state index in [2.05, 4.69) is 22.1 Å². The van der Waals surface area contributed by atoms with Gasteiger partial charge in [0.1, 0.15) is 0 Å². The molecule has 0 radical (unpaired) electrons. The van der Waals surface area contributed by atoms with Gasteiger partial charge in [0.2, 0.25) is 5.91 Å². The summed E-state index contributed by atoms with van der Waals surface area (Å²) in [7, 11) is 0. The van der Waals surface area contributed by atoms with Crippen LogP contribution >= 0.6 is 11.8 Å². The minimum Gasteiger partial charge on any atom is -0.369 e. The van der Waals surface area contributed by atoms with E-state index in [0.29, 0.717) is 18.8 Å². The molecule has 0 spiro atoms. The fourth-order valence-electron chi connectivity index (χ4n) is 3.36. The molecule has 2 heterocycles. The number of aryl methyl sites for hydroxylation is 1. The first-order valence-electron chi connectivity index (χ1n) is 9.00. The van der Waals surface area contributed by atoms with Gasteiger partial charge < -0.3 is 14.6 Å². The van der Waals surface area contributed by atoms with Gasteiger partial charge in [0, 0.05) is 25.2 Å². The molecule has 1 unspecified atom stereocenters. The van der Waals surface area contributed by atoms with Gasteiger partial charge in [0.15, 0.2) is 5.16 Å². The van der Waals surface area contributed by atoms with Crippen LogP contribution in [0.5, 0.6) is 0 Å². The highest BCUT2D eigenvalue weighted by Gasteiger charge is 2.33. The molecule has 1 atom stereocenters. The molecular weight excluding hydrogens is 346 g/mol. The molecule has 1 aromatic heterocycles. The molecule has 5 nitrogen and oxygen atoms in total. The second kappa shape index (κ2) is 7.84. The van der Waals surface area contributed by atoms with Crippen LogP contribution in [0.2, 0.25) is 0 Å². The van der Waals surface area contributed by atoms with Crippen molar-refractivity contribution in [2.75, 3.05) is 18.8 Å². The Balaban J connectivity index is 1.58. The number of nitrogens with one attached hydrogen (secondary N) is 1. The Bertz CT molecular complexity index is 758. The Kier molecular flexibility index (Phi) is 5.73. The largest absolute Gasteiger partial charge is 0.369 e. The molecule has 1 aliphatic heterocycles. The molecule has 3 rings (SSSR count). The van der Waals surface area contributed by atoms with E-state index in [1.165, 1.54) is 17.3 Å². The van der Waals surface area contributed by atoms with Crippen molar-refractivity contribution in [3.05, 3.63) is 47.3 Å². The monoisotopic (exact) mass is 373 g/mol. The zero-order chi connectivity index (χ0) is 18.7. The zero-order valence-electron chi connectivity index (χ0n) is 15.9. The lowest BCUT2D eigenvalue weighted by molar-refractivity contribution is -0.155. The molecule has 1 amide bonds. The zero-order valence-corrected chi connectivity index (χ0v) is 16.7. The third-order valence-corrected chi connectivity index (χ3v) is 5.29. The van der Waals surface area contributed by atoms with Crippen molar-refractivity contribution in [2.45, 2.75) is 51.0 Å². The second-order valence-electron chi connectivity index (χ2n) is 7.53. The number of nitrogens with zero attached hydrogens (tertiary/aromatic N) is 2. The number of carbonyl (C=O) groups excluding carboxylic acids is 1. The van der Waals surface area contributed by atoms with Crippen LogP contribution in [0.4, 0.5) is 0 Å². The highest BCUT2D eigenvalue weighted by molar-refractivity contribution is 7.99. The van der Waals surface area contributed by atoms with Crippen LogP contribution in [-0.2, 0) is 16.0 Å². The van der Waals surface area contributed by atoms with E-state index in [1.54, 1.807) is 0 Å². The first-order chi connectivity index (χ1) is 12.3. The van der Waals surface area contributed by atoms with Crippen molar-refractivity contribution >= 4 is 17.7 Å². The van der Waals surface area contributed by atoms with Crippen molar-refractivity contribution < 1.29 is 9.53 Å². The van der Waals surface area contributed by atoms with Gasteiger partial charge in [-0.3, -0.25) is 4.79 Å². The summed E-state index contributed by atoms with van der Waals surface area (Å²) < 4.78 is 5.87. The van der Waals surface area contributed by atoms with Crippen molar-refractivity contribution in [1.29, 1.82) is 0 Å². The van der Waals surface area contributed by atoms with E-state index >= 15 is 0 Å². The number of ether oxygens (including phenoxy) is 1. The molecule has 26 heavy (non-hydrogen) atoms. The van der Waals surface area contributed by atoms with Crippen LogP contribution < -0.4 is 0 Å². The molecule has 1 aromatic carbocycles. The summed E-state index contributed by atoms with van der Waals surface area (Å²) in [6.45, 7) is 9.39. The number of carbonyl (C=O) groups is 1. The molecule has 1 saturated heterocycles. The van der Waals surface area contributed by atoms with Crippen LogP contribution in [0.3, 0.4) is 0 Å². The van der Waals surface area contributed by atoms with E-state index < -0.39 is 0 Å². The molecule has 140 valence electrons. The van der Waals surface area contributed by atoms with Crippen LogP contribution in [0.25, 0.3) is 0 Å². The predicted octanol–water partition coefficient (Wildman–Crippen LogP) is 3.43. The fraction of sp³-hybridized carbons (Fsp3) is 0.500. The van der Waals surface area contributed by atoms with Gasteiger partial charge in [0.25, 0.3) is 0 Å². The number of amides is 1. The topological polar surface area (TPSA) is 58.2 Å². The lowest BCUT2D eigenvalue weighted by atomic mass is 10.1. The summed E-state index contributed by atoms with van der Waals surface area (Å²) in [5.41, 5.74) is 3.04. The summed E-state index contributed by atoms with van der Waals surface area (Å²) in [5.74, 6) is 0.525. The number of H-pyrrole nitrogens is 1. The molecule has 1 fully saturated rings. The van der Waals surface area contributed by atoms with E-state index in [-0.39, 0.29) is 17.6 Å². The number of hydrogen-bond donors (Lipinski definition) is 1. The third kappa shape index (κ3) is 4.89. The maximum atomic E-state index is 12.6. The van der Waals surface area contributed by atoms with Gasteiger partial charge in [-0.05, 0) is 33.3 Å². The Hall–Kier alpha value is -1.79. The van der Waals surface area contributed by atoms with E-state index in [0.717, 1.165) is 23.0 Å². The summed E-state index contributed by atoms with van der Waals surface area (Å²) in [5, 5.41) is 0.808. The van der Waals surface area contributed by atoms with Gasteiger partial charge in [-0.25, -0.2) is 4.98 Å². The maximum absolute atomic E-state index is 12.6. The molecule has 0 saturated carbocycles. The lowest BCUT2D eigenvalue weighted by Crippen LogP contribution is -2.54. The number of imidazole rings is 1. The smallest absolute Gasteiger partial charge is 0.233 e. The Morgan fingerprint density at radius 2 is 2.12 bits per heavy atom. The Labute approximate surface area is 159 Å². The summed E-state index contributed by atoms with van der Waals surface area (Å²) in [6, 6.07) is 10.3. The number of rotatable bonds is 5. The van der Waals surface area contributed by atoms with Crippen LogP contribution in [-0.4, -0.2) is 51.3 Å². The minimum atomic E-state index is -0.290. The summed E-state index contributed by atoms with van der Waals surface area (Å²) in [4.78, 5) is 22.5. The van der Waals surface area contributed by atoms with E-state index in [4.69, 9.17) is 4.74 Å². The highest BCUT2D eigenvalue weighted by Crippen LogP contribution is 2.23. The second-order valence-corrected chi connectivity index (χ2v) is 8.49. The first kappa shape index (κ1) is 19.0. The summed E-state index contributed by atoms with van der Waals surface area (Å²) >= 11 is 1.47. The number of aromatic nitrogens is 2. The molecule has 1 aliphatic rings. The number of benzene rings is 1. The first-order valence-corrected chi connectivity index (χ1v) is 9.99. The average Bonchev–Trinajstić information content (AvgIpc) is 2.91. The van der Waals surface area contributed by atoms with E-state index in [9.17, 15) is 4.79 Å². The van der Waals surface area contributed by atoms with Crippen LogP contribution in [0, 0.1) is 6.92 Å². The number of aromatic amines is 1. The Morgan fingerprint density at radius 3 is 2.81 bits per heavy atom. The minimum absolute atomic E-state index is 0.0658. The van der Waals surface area contributed by atoms with E-state index in [1.807, 2.05) is 50.8 Å². The van der Waals surface area contributed by atoms with Gasteiger partial charge in [-0.1, -0.05) is 42.1 Å². The molecule has 0 bridgehead atoms. The van der Waals surface area contributed by atoms with Gasteiger partial charge in [0.05, 0.1) is 23.2 Å². The summed E-state index contributed by atoms with van der Waals surface area (Å²) in [6.07, 6.45) is 0.864. The average molecular weight is 374 g/mol. The molecule has 6 heteroatoms. The van der Waals surface area contributed by atoms with Crippen molar-refractivity contribution in [1.82, 2.24) is 14.9 Å². The van der Waals surface area contributed by atoms with Gasteiger partial charge >= 0.3 is 0 Å². The molecule has 0 aliphatic carbocycles. The van der Waals surface area contributed by atoms with Crippen LogP contribution in [0.15, 0.2) is 35.5 Å². The van der Waals surface area contributed by atoms with Crippen molar-refractivity contribution in [2.24, 2.45) is 0 Å². The SMILES string of the molecule is Cc1[nH]c(SCC(=O)N2CC(C)OC(C)(C)C2)nc1Cc1ccccc1. The van der Waals surface area contributed by atoms with Crippen molar-refractivity contribution in [3.8, 4) is 0 Å². The molecule has 2 aromatic rings. The lowest BCUT2D eigenvalue weighted by Gasteiger charge is -2.41. The Morgan fingerprint density at radius 1 is 1.38 bits per heavy atom. The predicted molar refractivity (Wildman–Crippen MR) is 105 cm³/mol. The highest BCUT2D eigenvalue weighted by atomic mass is 32.2.